The fourth-order valence-corrected chi connectivity index (χ4v) is 3.33. The SMILES string of the molecule is COc1ccc(CCNC(=O)Cn2ccc3cc(OC(C)C)ccc3c2=O)cc1OC. The number of ether oxygens (including phenoxy) is 3. The van der Waals surface area contributed by atoms with E-state index in [9.17, 15) is 9.59 Å². The molecule has 0 atom stereocenters. The van der Waals surface area contributed by atoms with Gasteiger partial charge in [0.2, 0.25) is 5.91 Å². The molecule has 3 aromatic rings. The van der Waals surface area contributed by atoms with Gasteiger partial charge < -0.3 is 24.1 Å². The smallest absolute Gasteiger partial charge is 0.258 e. The van der Waals surface area contributed by atoms with Gasteiger partial charge in [-0.3, -0.25) is 9.59 Å². The van der Waals surface area contributed by atoms with Gasteiger partial charge in [0.15, 0.2) is 11.5 Å². The Bertz CT molecular complexity index is 1120. The number of pyridine rings is 1. The normalized spacial score (nSPS) is 10.9. The van der Waals surface area contributed by atoms with E-state index in [2.05, 4.69) is 5.32 Å². The third-order valence-electron chi connectivity index (χ3n) is 4.82. The molecule has 0 fully saturated rings. The number of hydrogen-bond donors (Lipinski definition) is 1. The van der Waals surface area contributed by atoms with Gasteiger partial charge in [-0.25, -0.2) is 0 Å². The fraction of sp³-hybridized carbons (Fsp3) is 0.333. The summed E-state index contributed by atoms with van der Waals surface area (Å²) in [6.07, 6.45) is 2.33. The average molecular weight is 424 g/mol. The number of carbonyl (C=O) groups is 1. The third-order valence-corrected chi connectivity index (χ3v) is 4.82. The summed E-state index contributed by atoms with van der Waals surface area (Å²) in [5.41, 5.74) is 0.809. The molecule has 0 saturated heterocycles. The van der Waals surface area contributed by atoms with Crippen LogP contribution in [-0.2, 0) is 17.8 Å². The predicted molar refractivity (Wildman–Crippen MR) is 120 cm³/mol. The molecule has 0 radical (unpaired) electrons. The Morgan fingerprint density at radius 3 is 2.52 bits per heavy atom. The minimum absolute atomic E-state index is 0.0368. The lowest BCUT2D eigenvalue weighted by atomic mass is 10.1. The molecule has 31 heavy (non-hydrogen) atoms. The quantitative estimate of drug-likeness (QED) is 0.571. The first kappa shape index (κ1) is 22.2. The molecule has 3 rings (SSSR count). The van der Waals surface area contributed by atoms with E-state index < -0.39 is 0 Å². The van der Waals surface area contributed by atoms with Crippen LogP contribution < -0.4 is 25.1 Å². The number of aromatic nitrogens is 1. The molecule has 0 bridgehead atoms. The molecule has 0 unspecified atom stereocenters. The fourth-order valence-electron chi connectivity index (χ4n) is 3.33. The summed E-state index contributed by atoms with van der Waals surface area (Å²) in [6, 6.07) is 12.8. The number of nitrogens with one attached hydrogen (secondary N) is 1. The molecule has 1 aromatic heterocycles. The van der Waals surface area contributed by atoms with E-state index in [4.69, 9.17) is 14.2 Å². The van der Waals surface area contributed by atoms with Crippen molar-refractivity contribution in [2.75, 3.05) is 20.8 Å². The van der Waals surface area contributed by atoms with Gasteiger partial charge in [-0.15, -0.1) is 0 Å². The molecule has 0 spiro atoms. The van der Waals surface area contributed by atoms with E-state index in [-0.39, 0.29) is 24.1 Å². The van der Waals surface area contributed by atoms with Crippen LogP contribution in [0, 0.1) is 0 Å². The van der Waals surface area contributed by atoms with E-state index in [1.807, 2.05) is 44.2 Å². The zero-order valence-electron chi connectivity index (χ0n) is 18.3. The van der Waals surface area contributed by atoms with Crippen LogP contribution in [0.15, 0.2) is 53.5 Å². The molecule has 2 aromatic carbocycles. The minimum Gasteiger partial charge on any atom is -0.493 e. The summed E-state index contributed by atoms with van der Waals surface area (Å²) in [7, 11) is 3.17. The highest BCUT2D eigenvalue weighted by atomic mass is 16.5. The summed E-state index contributed by atoms with van der Waals surface area (Å²) in [4.78, 5) is 25.1. The lowest BCUT2D eigenvalue weighted by Crippen LogP contribution is -2.33. The second-order valence-corrected chi connectivity index (χ2v) is 7.45. The first-order valence-electron chi connectivity index (χ1n) is 10.2. The van der Waals surface area contributed by atoms with Gasteiger partial charge in [-0.05, 0) is 67.6 Å². The lowest BCUT2D eigenvalue weighted by Gasteiger charge is -2.12. The lowest BCUT2D eigenvalue weighted by molar-refractivity contribution is -0.121. The van der Waals surface area contributed by atoms with E-state index in [1.54, 1.807) is 32.5 Å². The number of benzene rings is 2. The van der Waals surface area contributed by atoms with Crippen molar-refractivity contribution in [3.8, 4) is 17.2 Å². The van der Waals surface area contributed by atoms with Crippen LogP contribution in [0.3, 0.4) is 0 Å². The first-order chi connectivity index (χ1) is 14.9. The highest BCUT2D eigenvalue weighted by Gasteiger charge is 2.09. The van der Waals surface area contributed by atoms with E-state index in [0.29, 0.717) is 35.6 Å². The number of fused-ring (bicyclic) bond motifs is 1. The monoisotopic (exact) mass is 424 g/mol. The third kappa shape index (κ3) is 5.57. The maximum Gasteiger partial charge on any atom is 0.258 e. The number of methoxy groups -OCH3 is 2. The molecule has 0 saturated carbocycles. The molecule has 1 amide bonds. The molecular weight excluding hydrogens is 396 g/mol. The maximum absolute atomic E-state index is 12.7. The van der Waals surface area contributed by atoms with Crippen LogP contribution in [0.25, 0.3) is 10.8 Å². The average Bonchev–Trinajstić information content (AvgIpc) is 2.75. The van der Waals surface area contributed by atoms with Gasteiger partial charge in [0.1, 0.15) is 12.3 Å². The van der Waals surface area contributed by atoms with Crippen molar-refractivity contribution in [2.45, 2.75) is 32.9 Å². The zero-order chi connectivity index (χ0) is 22.4. The van der Waals surface area contributed by atoms with Gasteiger partial charge in [-0.2, -0.15) is 0 Å². The first-order valence-corrected chi connectivity index (χ1v) is 10.2. The number of hydrogen-bond acceptors (Lipinski definition) is 5. The number of carbonyl (C=O) groups excluding carboxylic acids is 1. The topological polar surface area (TPSA) is 78.8 Å². The molecule has 7 nitrogen and oxygen atoms in total. The van der Waals surface area contributed by atoms with Crippen LogP contribution in [0.2, 0.25) is 0 Å². The van der Waals surface area contributed by atoms with Gasteiger partial charge in [0, 0.05) is 18.1 Å². The van der Waals surface area contributed by atoms with Crippen molar-refractivity contribution in [3.05, 3.63) is 64.6 Å². The Hall–Kier alpha value is -3.48. The predicted octanol–water partition coefficient (Wildman–Crippen LogP) is 3.16. The Morgan fingerprint density at radius 2 is 1.81 bits per heavy atom. The second-order valence-electron chi connectivity index (χ2n) is 7.45. The highest BCUT2D eigenvalue weighted by molar-refractivity contribution is 5.83. The summed E-state index contributed by atoms with van der Waals surface area (Å²) in [6.45, 7) is 4.31. The zero-order valence-corrected chi connectivity index (χ0v) is 18.3. The Labute approximate surface area is 181 Å². The standard InChI is InChI=1S/C24H28N2O5/c1-16(2)31-19-6-7-20-18(14-19)10-12-26(24(20)28)15-23(27)25-11-9-17-5-8-21(29-3)22(13-17)30-4/h5-8,10,12-14,16H,9,11,15H2,1-4H3,(H,25,27). The van der Waals surface area contributed by atoms with Crippen molar-refractivity contribution in [1.82, 2.24) is 9.88 Å². The summed E-state index contributed by atoms with van der Waals surface area (Å²) >= 11 is 0. The number of rotatable bonds is 9. The largest absolute Gasteiger partial charge is 0.493 e. The van der Waals surface area contributed by atoms with Crippen LogP contribution in [0.5, 0.6) is 17.2 Å². The van der Waals surface area contributed by atoms with Crippen molar-refractivity contribution in [1.29, 1.82) is 0 Å². The van der Waals surface area contributed by atoms with E-state index in [0.717, 1.165) is 10.9 Å². The Morgan fingerprint density at radius 1 is 1.03 bits per heavy atom. The molecule has 1 heterocycles. The molecule has 1 N–H and O–H groups in total. The Kier molecular flexibility index (Phi) is 7.18. The van der Waals surface area contributed by atoms with E-state index >= 15 is 0 Å². The van der Waals surface area contributed by atoms with Crippen LogP contribution in [0.4, 0.5) is 0 Å². The van der Waals surface area contributed by atoms with Crippen molar-refractivity contribution < 1.29 is 19.0 Å². The molecule has 164 valence electrons. The summed E-state index contributed by atoms with van der Waals surface area (Å²) in [5, 5.41) is 4.20. The maximum atomic E-state index is 12.7. The van der Waals surface area contributed by atoms with Gasteiger partial charge >= 0.3 is 0 Å². The molecule has 0 aliphatic heterocycles. The Balaban J connectivity index is 1.61. The van der Waals surface area contributed by atoms with Crippen LogP contribution in [-0.4, -0.2) is 37.3 Å². The van der Waals surface area contributed by atoms with Crippen molar-refractivity contribution in [3.63, 3.8) is 0 Å². The van der Waals surface area contributed by atoms with Crippen LogP contribution >= 0.6 is 0 Å². The summed E-state index contributed by atoms with van der Waals surface area (Å²) in [5.74, 6) is 1.80. The van der Waals surface area contributed by atoms with Crippen molar-refractivity contribution in [2.24, 2.45) is 0 Å². The molecule has 0 aliphatic rings. The molecule has 7 heteroatoms. The van der Waals surface area contributed by atoms with Gasteiger partial charge in [0.05, 0.1) is 20.3 Å². The van der Waals surface area contributed by atoms with Crippen LogP contribution in [0.1, 0.15) is 19.4 Å². The molecular formula is C24H28N2O5. The minimum atomic E-state index is -0.221. The highest BCUT2D eigenvalue weighted by Crippen LogP contribution is 2.27. The number of amides is 1. The molecule has 0 aliphatic carbocycles. The van der Waals surface area contributed by atoms with E-state index in [1.165, 1.54) is 4.57 Å². The summed E-state index contributed by atoms with van der Waals surface area (Å²) < 4.78 is 17.6. The number of nitrogens with zero attached hydrogens (tertiary/aromatic N) is 1. The van der Waals surface area contributed by atoms with Gasteiger partial charge in [-0.1, -0.05) is 6.07 Å². The van der Waals surface area contributed by atoms with Gasteiger partial charge in [0.25, 0.3) is 5.56 Å². The second kappa shape index (κ2) is 10.0. The van der Waals surface area contributed by atoms with Crippen molar-refractivity contribution >= 4 is 16.7 Å².